The van der Waals surface area contributed by atoms with E-state index in [0.717, 1.165) is 31.5 Å². The minimum absolute atomic E-state index is 0. The largest absolute Gasteiger partial charge is 0.480 e. The molecule has 1 aromatic carbocycles. The topological polar surface area (TPSA) is 72.9 Å². The molecule has 1 amide bonds. The summed E-state index contributed by atoms with van der Waals surface area (Å²) in [6, 6.07) is 4.22. The molecule has 1 aromatic rings. The first kappa shape index (κ1) is 22.3. The van der Waals surface area contributed by atoms with Gasteiger partial charge in [-0.2, -0.15) is 0 Å². The van der Waals surface area contributed by atoms with Crippen LogP contribution in [0.15, 0.2) is 18.2 Å². The van der Waals surface area contributed by atoms with Crippen molar-refractivity contribution in [2.45, 2.75) is 38.8 Å². The van der Waals surface area contributed by atoms with Crippen molar-refractivity contribution >= 4 is 30.0 Å². The van der Waals surface area contributed by atoms with E-state index in [0.29, 0.717) is 5.69 Å². The maximum absolute atomic E-state index is 13.4. The van der Waals surface area contributed by atoms with Crippen LogP contribution in [0.3, 0.4) is 0 Å². The van der Waals surface area contributed by atoms with Gasteiger partial charge in [-0.25, -0.2) is 4.39 Å². The number of rotatable bonds is 6. The smallest absolute Gasteiger partial charge is 0.317 e. The maximum Gasteiger partial charge on any atom is 0.317 e. The third-order valence-electron chi connectivity index (χ3n) is 4.89. The van der Waals surface area contributed by atoms with Gasteiger partial charge in [-0.15, -0.1) is 12.4 Å². The number of carboxylic acids is 1. The number of hydrogen-bond acceptors (Lipinski definition) is 4. The molecule has 0 aliphatic carbocycles. The highest BCUT2D eigenvalue weighted by Crippen LogP contribution is 2.20. The molecule has 0 aromatic heterocycles. The van der Waals surface area contributed by atoms with Gasteiger partial charge in [0.25, 0.3) is 0 Å². The number of benzene rings is 1. The van der Waals surface area contributed by atoms with Crippen LogP contribution in [0, 0.1) is 12.7 Å². The van der Waals surface area contributed by atoms with Gasteiger partial charge in [-0.1, -0.05) is 6.07 Å². The van der Waals surface area contributed by atoms with Crippen molar-refractivity contribution in [3.8, 4) is 0 Å². The molecule has 1 aliphatic rings. The highest BCUT2D eigenvalue weighted by atomic mass is 35.5. The zero-order chi connectivity index (χ0) is 18.6. The lowest BCUT2D eigenvalue weighted by atomic mass is 10.0. The second-order valence-electron chi connectivity index (χ2n) is 6.70. The summed E-state index contributed by atoms with van der Waals surface area (Å²) in [6.07, 6.45) is 1.64. The third-order valence-corrected chi connectivity index (χ3v) is 4.89. The molecule has 0 bridgehead atoms. The Labute approximate surface area is 159 Å². The summed E-state index contributed by atoms with van der Waals surface area (Å²) in [5, 5.41) is 11.7. The molecule has 1 aliphatic heterocycles. The monoisotopic (exact) mass is 387 g/mol. The first-order valence-electron chi connectivity index (χ1n) is 8.51. The summed E-state index contributed by atoms with van der Waals surface area (Å²) in [7, 11) is 1.82. The van der Waals surface area contributed by atoms with Gasteiger partial charge in [0.05, 0.1) is 12.6 Å². The quantitative estimate of drug-likeness (QED) is 0.784. The second kappa shape index (κ2) is 9.85. The Morgan fingerprint density at radius 2 is 2.00 bits per heavy atom. The fourth-order valence-electron chi connectivity index (χ4n) is 3.19. The molecule has 0 saturated carbocycles. The Kier molecular flexibility index (Phi) is 8.46. The van der Waals surface area contributed by atoms with Crippen molar-refractivity contribution in [1.29, 1.82) is 0 Å². The number of carbonyl (C=O) groups is 2. The molecule has 0 spiro atoms. The van der Waals surface area contributed by atoms with Crippen molar-refractivity contribution in [1.82, 2.24) is 9.80 Å². The van der Waals surface area contributed by atoms with Crippen LogP contribution in [-0.2, 0) is 9.59 Å². The van der Waals surface area contributed by atoms with E-state index in [4.69, 9.17) is 5.11 Å². The van der Waals surface area contributed by atoms with E-state index in [-0.39, 0.29) is 42.8 Å². The predicted molar refractivity (Wildman–Crippen MR) is 101 cm³/mol. The van der Waals surface area contributed by atoms with Crippen LogP contribution in [-0.4, -0.2) is 65.5 Å². The lowest BCUT2D eigenvalue weighted by molar-refractivity contribution is -0.138. The fourth-order valence-corrected chi connectivity index (χ4v) is 3.19. The van der Waals surface area contributed by atoms with Crippen LogP contribution in [0.2, 0.25) is 0 Å². The number of aliphatic carboxylic acids is 1. The molecule has 0 radical (unpaired) electrons. The first-order valence-corrected chi connectivity index (χ1v) is 8.51. The molecule has 1 unspecified atom stereocenters. The second-order valence-corrected chi connectivity index (χ2v) is 6.70. The number of carboxylic acid groups (broad SMARTS) is 1. The van der Waals surface area contributed by atoms with E-state index in [1.807, 2.05) is 25.8 Å². The number of piperidine rings is 1. The van der Waals surface area contributed by atoms with E-state index in [1.165, 1.54) is 12.1 Å². The molecular formula is C18H27ClFN3O3. The molecule has 26 heavy (non-hydrogen) atoms. The van der Waals surface area contributed by atoms with Crippen LogP contribution in [0.25, 0.3) is 0 Å². The molecular weight excluding hydrogens is 361 g/mol. The average molecular weight is 388 g/mol. The van der Waals surface area contributed by atoms with Gasteiger partial charge in [-0.05, 0) is 51.4 Å². The standard InChI is InChI=1S/C18H26FN3O3.ClH/c1-12-4-5-14(19)10-16(12)20-18(25)13(2)22-8-6-15(7-9-22)21(3)11-17(23)24;/h4-5,10,13,15H,6-9,11H2,1-3H3,(H,20,25)(H,23,24);1H. The number of anilines is 1. The molecule has 2 rings (SSSR count). The third kappa shape index (κ3) is 5.93. The summed E-state index contributed by atoms with van der Waals surface area (Å²) in [4.78, 5) is 27.2. The van der Waals surface area contributed by atoms with Crippen LogP contribution in [0.5, 0.6) is 0 Å². The van der Waals surface area contributed by atoms with Gasteiger partial charge in [-0.3, -0.25) is 19.4 Å². The SMILES string of the molecule is Cc1ccc(F)cc1NC(=O)C(C)N1CCC(N(C)CC(=O)O)CC1.Cl. The normalized spacial score (nSPS) is 16.8. The predicted octanol–water partition coefficient (Wildman–Crippen LogP) is 2.36. The molecule has 1 saturated heterocycles. The molecule has 1 heterocycles. The Balaban J connectivity index is 0.00000338. The number of likely N-dealkylation sites (tertiary alicyclic amines) is 1. The Morgan fingerprint density at radius 3 is 2.58 bits per heavy atom. The van der Waals surface area contributed by atoms with Crippen molar-refractivity contribution < 1.29 is 19.1 Å². The van der Waals surface area contributed by atoms with Gasteiger partial charge in [0, 0.05) is 24.8 Å². The van der Waals surface area contributed by atoms with Crippen molar-refractivity contribution in [3.05, 3.63) is 29.6 Å². The Morgan fingerprint density at radius 1 is 1.38 bits per heavy atom. The van der Waals surface area contributed by atoms with Gasteiger partial charge >= 0.3 is 5.97 Å². The van der Waals surface area contributed by atoms with Crippen molar-refractivity contribution in [3.63, 3.8) is 0 Å². The van der Waals surface area contributed by atoms with Crippen molar-refractivity contribution in [2.75, 3.05) is 32.0 Å². The first-order chi connectivity index (χ1) is 11.8. The number of halogens is 2. The summed E-state index contributed by atoms with van der Waals surface area (Å²) in [6.45, 7) is 5.14. The summed E-state index contributed by atoms with van der Waals surface area (Å²) < 4.78 is 13.4. The van der Waals surface area contributed by atoms with Gasteiger partial charge in [0.1, 0.15) is 5.82 Å². The number of aryl methyl sites for hydroxylation is 1. The molecule has 6 nitrogen and oxygen atoms in total. The fraction of sp³-hybridized carbons (Fsp3) is 0.556. The minimum atomic E-state index is -0.830. The molecule has 146 valence electrons. The maximum atomic E-state index is 13.4. The highest BCUT2D eigenvalue weighted by Gasteiger charge is 2.29. The van der Waals surface area contributed by atoms with E-state index in [2.05, 4.69) is 10.2 Å². The molecule has 8 heteroatoms. The Hall–Kier alpha value is -1.70. The summed E-state index contributed by atoms with van der Waals surface area (Å²) in [5.74, 6) is -1.37. The van der Waals surface area contributed by atoms with Gasteiger partial charge in [0.2, 0.25) is 5.91 Å². The number of likely N-dealkylation sites (N-methyl/N-ethyl adjacent to an activating group) is 1. The van der Waals surface area contributed by atoms with Gasteiger partial charge < -0.3 is 10.4 Å². The number of hydrogen-bond donors (Lipinski definition) is 2. The van der Waals surface area contributed by atoms with E-state index >= 15 is 0 Å². The van der Waals surface area contributed by atoms with E-state index in [1.54, 1.807) is 6.07 Å². The molecule has 2 N–H and O–H groups in total. The average Bonchev–Trinajstić information content (AvgIpc) is 2.57. The number of amides is 1. The highest BCUT2D eigenvalue weighted by molar-refractivity contribution is 5.95. The Bertz CT molecular complexity index is 636. The van der Waals surface area contributed by atoms with Crippen LogP contribution < -0.4 is 5.32 Å². The van der Waals surface area contributed by atoms with Crippen LogP contribution >= 0.6 is 12.4 Å². The number of nitrogens with one attached hydrogen (secondary N) is 1. The summed E-state index contributed by atoms with van der Waals surface area (Å²) >= 11 is 0. The minimum Gasteiger partial charge on any atom is -0.480 e. The van der Waals surface area contributed by atoms with E-state index < -0.39 is 5.97 Å². The van der Waals surface area contributed by atoms with Gasteiger partial charge in [0.15, 0.2) is 0 Å². The molecule has 1 fully saturated rings. The van der Waals surface area contributed by atoms with Crippen LogP contribution in [0.1, 0.15) is 25.3 Å². The summed E-state index contributed by atoms with van der Waals surface area (Å²) in [5.41, 5.74) is 1.31. The zero-order valence-corrected chi connectivity index (χ0v) is 16.2. The lowest BCUT2D eigenvalue weighted by Crippen LogP contribution is -2.50. The molecule has 1 atom stereocenters. The van der Waals surface area contributed by atoms with Crippen molar-refractivity contribution in [2.24, 2.45) is 0 Å². The number of nitrogens with zero attached hydrogens (tertiary/aromatic N) is 2. The van der Waals surface area contributed by atoms with Crippen LogP contribution in [0.4, 0.5) is 10.1 Å². The lowest BCUT2D eigenvalue weighted by Gasteiger charge is -2.38. The number of carbonyl (C=O) groups excluding carboxylic acids is 1. The van der Waals surface area contributed by atoms with E-state index in [9.17, 15) is 14.0 Å². The zero-order valence-electron chi connectivity index (χ0n) is 15.4.